The molecular weight excluding hydrogens is 356 g/mol. The number of aliphatic hydroxyl groups is 1. The number of hydrogen-bond donors (Lipinski definition) is 1. The van der Waals surface area contributed by atoms with E-state index in [1.165, 1.54) is 13.8 Å². The van der Waals surface area contributed by atoms with Gasteiger partial charge in [0.1, 0.15) is 12.2 Å². The van der Waals surface area contributed by atoms with Crippen LogP contribution >= 0.6 is 0 Å². The lowest BCUT2D eigenvalue weighted by Crippen LogP contribution is -2.59. The topological polar surface area (TPSA) is 72.8 Å². The lowest BCUT2D eigenvalue weighted by molar-refractivity contribution is -0.196. The first-order valence-corrected chi connectivity index (χ1v) is 11.2. The summed E-state index contributed by atoms with van der Waals surface area (Å²) in [6.07, 6.45) is 7.41. The van der Waals surface area contributed by atoms with Gasteiger partial charge in [-0.2, -0.15) is 0 Å². The maximum absolute atomic E-state index is 11.9. The van der Waals surface area contributed by atoms with E-state index < -0.39 is 0 Å². The second kappa shape index (κ2) is 7.00. The molecule has 0 unspecified atom stereocenters. The zero-order chi connectivity index (χ0) is 20.3. The molecule has 0 spiro atoms. The molecule has 4 aliphatic carbocycles. The monoisotopic (exact) mass is 392 g/mol. The molecule has 0 aromatic rings. The molecule has 0 aromatic heterocycles. The predicted molar refractivity (Wildman–Crippen MR) is 104 cm³/mol. The second-order valence-corrected chi connectivity index (χ2v) is 10.5. The number of aliphatic hydroxyl groups excluding tert-OH is 1. The van der Waals surface area contributed by atoms with E-state index in [0.717, 1.165) is 51.4 Å². The van der Waals surface area contributed by atoms with Gasteiger partial charge < -0.3 is 14.6 Å². The molecule has 5 heteroatoms. The molecule has 5 nitrogen and oxygen atoms in total. The summed E-state index contributed by atoms with van der Waals surface area (Å²) < 4.78 is 11.6. The van der Waals surface area contributed by atoms with Gasteiger partial charge in [0.2, 0.25) is 0 Å². The van der Waals surface area contributed by atoms with Crippen molar-refractivity contribution in [1.29, 1.82) is 0 Å². The lowest BCUT2D eigenvalue weighted by Gasteiger charge is -2.62. The van der Waals surface area contributed by atoms with Crippen molar-refractivity contribution < 1.29 is 24.2 Å². The van der Waals surface area contributed by atoms with Crippen LogP contribution in [0.1, 0.15) is 79.1 Å². The Labute approximate surface area is 168 Å². The zero-order valence-corrected chi connectivity index (χ0v) is 17.8. The number of carbonyl (C=O) groups is 2. The Morgan fingerprint density at radius 3 is 2.14 bits per heavy atom. The van der Waals surface area contributed by atoms with Gasteiger partial charge >= 0.3 is 11.9 Å². The molecule has 9 atom stereocenters. The molecule has 4 saturated carbocycles. The van der Waals surface area contributed by atoms with Gasteiger partial charge in [-0.25, -0.2) is 0 Å². The van der Waals surface area contributed by atoms with Crippen LogP contribution in [0.5, 0.6) is 0 Å². The Kier molecular flexibility index (Phi) is 5.05. The number of ether oxygens (including phenoxy) is 2. The van der Waals surface area contributed by atoms with Crippen molar-refractivity contribution in [3.05, 3.63) is 0 Å². The van der Waals surface area contributed by atoms with E-state index in [1.807, 2.05) is 0 Å². The lowest BCUT2D eigenvalue weighted by atomic mass is 9.44. The maximum Gasteiger partial charge on any atom is 0.302 e. The highest BCUT2D eigenvalue weighted by molar-refractivity contribution is 5.66. The first-order valence-electron chi connectivity index (χ1n) is 11.2. The van der Waals surface area contributed by atoms with Crippen LogP contribution in [0, 0.1) is 34.5 Å². The SMILES string of the molecule is CC(=O)O[C@H]1C[C@@H]2[C@H](CC[C@]3(C)[C@@H](OC(C)=O)CC[C@@H]23)[C@@]2(C)CC[C@H](O)C[C@H]12. The second-order valence-electron chi connectivity index (χ2n) is 10.5. The molecule has 0 amide bonds. The van der Waals surface area contributed by atoms with Crippen LogP contribution in [-0.4, -0.2) is 35.4 Å². The van der Waals surface area contributed by atoms with Crippen molar-refractivity contribution in [2.45, 2.75) is 97.4 Å². The highest BCUT2D eigenvalue weighted by atomic mass is 16.5. The Hall–Kier alpha value is -1.10. The molecule has 4 fully saturated rings. The Bertz CT molecular complexity index is 647. The van der Waals surface area contributed by atoms with Crippen LogP contribution in [0.3, 0.4) is 0 Å². The van der Waals surface area contributed by atoms with Crippen molar-refractivity contribution in [1.82, 2.24) is 0 Å². The van der Waals surface area contributed by atoms with Gasteiger partial charge in [-0.1, -0.05) is 13.8 Å². The van der Waals surface area contributed by atoms with Gasteiger partial charge in [-0.15, -0.1) is 0 Å². The molecule has 158 valence electrons. The van der Waals surface area contributed by atoms with Crippen LogP contribution in [0.25, 0.3) is 0 Å². The molecule has 0 aliphatic heterocycles. The summed E-state index contributed by atoms with van der Waals surface area (Å²) >= 11 is 0. The average molecular weight is 393 g/mol. The quantitative estimate of drug-likeness (QED) is 0.723. The summed E-state index contributed by atoms with van der Waals surface area (Å²) in [5.74, 6) is 1.47. The smallest absolute Gasteiger partial charge is 0.302 e. The molecule has 4 aliphatic rings. The number of rotatable bonds is 2. The minimum absolute atomic E-state index is 0.0156. The number of fused-ring (bicyclic) bond motifs is 5. The fourth-order valence-corrected chi connectivity index (χ4v) is 7.94. The van der Waals surface area contributed by atoms with E-state index in [9.17, 15) is 14.7 Å². The van der Waals surface area contributed by atoms with E-state index in [1.54, 1.807) is 0 Å². The van der Waals surface area contributed by atoms with Gasteiger partial charge in [0, 0.05) is 25.2 Å². The van der Waals surface area contributed by atoms with Gasteiger partial charge in [0.15, 0.2) is 0 Å². The molecule has 0 radical (unpaired) electrons. The van der Waals surface area contributed by atoms with Crippen molar-refractivity contribution in [2.75, 3.05) is 0 Å². The van der Waals surface area contributed by atoms with Crippen molar-refractivity contribution >= 4 is 11.9 Å². The van der Waals surface area contributed by atoms with Crippen molar-refractivity contribution in [3.63, 3.8) is 0 Å². The van der Waals surface area contributed by atoms with Crippen LogP contribution in [0.4, 0.5) is 0 Å². The highest BCUT2D eigenvalue weighted by Crippen LogP contribution is 2.66. The van der Waals surface area contributed by atoms with E-state index in [4.69, 9.17) is 9.47 Å². The third-order valence-electron chi connectivity index (χ3n) is 9.17. The van der Waals surface area contributed by atoms with Gasteiger partial charge in [-0.3, -0.25) is 9.59 Å². The molecule has 28 heavy (non-hydrogen) atoms. The third-order valence-corrected chi connectivity index (χ3v) is 9.17. The summed E-state index contributed by atoms with van der Waals surface area (Å²) in [5, 5.41) is 10.3. The van der Waals surface area contributed by atoms with Gasteiger partial charge in [0.05, 0.1) is 6.10 Å². The molecule has 0 heterocycles. The van der Waals surface area contributed by atoms with Crippen LogP contribution in [-0.2, 0) is 19.1 Å². The van der Waals surface area contributed by atoms with Crippen molar-refractivity contribution in [3.8, 4) is 0 Å². The molecule has 0 bridgehead atoms. The third kappa shape index (κ3) is 3.09. The van der Waals surface area contributed by atoms with Crippen molar-refractivity contribution in [2.24, 2.45) is 34.5 Å². The maximum atomic E-state index is 11.9. The summed E-state index contributed by atoms with van der Waals surface area (Å²) in [6, 6.07) is 0. The zero-order valence-electron chi connectivity index (χ0n) is 17.8. The fourth-order valence-electron chi connectivity index (χ4n) is 7.94. The van der Waals surface area contributed by atoms with E-state index in [-0.39, 0.29) is 47.0 Å². The molecule has 0 saturated heterocycles. The summed E-state index contributed by atoms with van der Waals surface area (Å²) in [4.78, 5) is 23.5. The molecule has 1 N–H and O–H groups in total. The van der Waals surface area contributed by atoms with Gasteiger partial charge in [-0.05, 0) is 74.5 Å². The van der Waals surface area contributed by atoms with Gasteiger partial charge in [0.25, 0.3) is 0 Å². The molecule has 4 rings (SSSR count). The standard InChI is InChI=1S/C23H36O5/c1-13(24)27-20-12-16-17-5-6-21(28-14(2)25)23(17,4)10-8-18(16)22(3)9-7-15(26)11-19(20)22/h15-21,26H,5-12H2,1-4H3/t15-,16-,17-,18-,19+,20-,21-,22+,23-/m0/s1. The molecular formula is C23H36O5. The first kappa shape index (κ1) is 20.2. The Balaban J connectivity index is 1.65. The first-order chi connectivity index (χ1) is 13.1. The van der Waals surface area contributed by atoms with E-state index in [0.29, 0.717) is 17.8 Å². The number of carbonyl (C=O) groups excluding carboxylic acids is 2. The largest absolute Gasteiger partial charge is 0.462 e. The number of esters is 2. The summed E-state index contributed by atoms with van der Waals surface area (Å²) in [7, 11) is 0. The van der Waals surface area contributed by atoms with E-state index >= 15 is 0 Å². The minimum Gasteiger partial charge on any atom is -0.462 e. The van der Waals surface area contributed by atoms with Crippen LogP contribution in [0.15, 0.2) is 0 Å². The van der Waals surface area contributed by atoms with Crippen LogP contribution < -0.4 is 0 Å². The van der Waals surface area contributed by atoms with Crippen LogP contribution in [0.2, 0.25) is 0 Å². The predicted octanol–water partition coefficient (Wildman–Crippen LogP) is 3.86. The Morgan fingerprint density at radius 2 is 1.46 bits per heavy atom. The number of hydrogen-bond acceptors (Lipinski definition) is 5. The summed E-state index contributed by atoms with van der Waals surface area (Å²) in [6.45, 7) is 7.71. The highest BCUT2D eigenvalue weighted by Gasteiger charge is 2.63. The minimum atomic E-state index is -0.277. The Morgan fingerprint density at radius 1 is 0.821 bits per heavy atom. The van der Waals surface area contributed by atoms with E-state index in [2.05, 4.69) is 13.8 Å². The average Bonchev–Trinajstić information content (AvgIpc) is 2.92. The molecule has 0 aromatic carbocycles. The summed E-state index contributed by atoms with van der Waals surface area (Å²) in [5.41, 5.74) is 0.147. The normalized spacial score (nSPS) is 50.1. The fraction of sp³-hybridized carbons (Fsp3) is 0.913.